The Labute approximate surface area is 105 Å². The van der Waals surface area contributed by atoms with Gasteiger partial charge < -0.3 is 10.2 Å². The van der Waals surface area contributed by atoms with Crippen LogP contribution in [0.5, 0.6) is 0 Å². The van der Waals surface area contributed by atoms with E-state index in [2.05, 4.69) is 51.8 Å². The molecule has 4 heteroatoms. The van der Waals surface area contributed by atoms with Gasteiger partial charge in [0.2, 0.25) is 0 Å². The highest BCUT2D eigenvalue weighted by Gasteiger charge is 2.16. The summed E-state index contributed by atoms with van der Waals surface area (Å²) in [4.78, 5) is 6.92. The molecule has 0 fully saturated rings. The molecule has 17 heavy (non-hydrogen) atoms. The molecule has 0 aliphatic carbocycles. The first kappa shape index (κ1) is 10.6. The standard InChI is InChI=1S/C13H15N3S/c1-10-15-11(9-17-10)8-16-7-6-14-12-4-2-3-5-13(12)16/h2-5,9,14H,6-8H2,1H3. The van der Waals surface area contributed by atoms with Crippen molar-refractivity contribution in [3.8, 4) is 0 Å². The number of benzene rings is 1. The number of hydrogen-bond donors (Lipinski definition) is 1. The second-order valence-electron chi connectivity index (χ2n) is 4.22. The molecule has 1 aliphatic rings. The molecule has 1 aromatic carbocycles. The number of fused-ring (bicyclic) bond motifs is 1. The van der Waals surface area contributed by atoms with Crippen LogP contribution >= 0.6 is 11.3 Å². The average molecular weight is 245 g/mol. The van der Waals surface area contributed by atoms with Crippen LogP contribution in [0.25, 0.3) is 0 Å². The van der Waals surface area contributed by atoms with Crippen LogP contribution in [0, 0.1) is 6.92 Å². The zero-order valence-electron chi connectivity index (χ0n) is 9.81. The Kier molecular flexibility index (Phi) is 2.73. The fourth-order valence-electron chi connectivity index (χ4n) is 2.19. The van der Waals surface area contributed by atoms with Gasteiger partial charge in [-0.1, -0.05) is 12.1 Å². The molecule has 0 saturated carbocycles. The van der Waals surface area contributed by atoms with Crippen LogP contribution in [0.4, 0.5) is 11.4 Å². The third-order valence-electron chi connectivity index (χ3n) is 2.96. The fourth-order valence-corrected chi connectivity index (χ4v) is 2.79. The lowest BCUT2D eigenvalue weighted by atomic mass is 10.2. The summed E-state index contributed by atoms with van der Waals surface area (Å²) in [5.74, 6) is 0. The van der Waals surface area contributed by atoms with Gasteiger partial charge in [-0.05, 0) is 19.1 Å². The van der Waals surface area contributed by atoms with E-state index in [1.165, 1.54) is 17.1 Å². The number of nitrogens with zero attached hydrogens (tertiary/aromatic N) is 2. The minimum absolute atomic E-state index is 0.906. The Hall–Kier alpha value is -1.55. The highest BCUT2D eigenvalue weighted by Crippen LogP contribution is 2.29. The first-order valence-electron chi connectivity index (χ1n) is 5.82. The summed E-state index contributed by atoms with van der Waals surface area (Å²) in [6.45, 7) is 5.00. The third-order valence-corrected chi connectivity index (χ3v) is 3.78. The molecular weight excluding hydrogens is 230 g/mol. The quantitative estimate of drug-likeness (QED) is 0.881. The second kappa shape index (κ2) is 4.37. The lowest BCUT2D eigenvalue weighted by molar-refractivity contribution is 0.774. The summed E-state index contributed by atoms with van der Waals surface area (Å²) in [6.07, 6.45) is 0. The fraction of sp³-hybridized carbons (Fsp3) is 0.308. The van der Waals surface area contributed by atoms with Crippen molar-refractivity contribution in [3.05, 3.63) is 40.3 Å². The smallest absolute Gasteiger partial charge is 0.0898 e. The van der Waals surface area contributed by atoms with Gasteiger partial charge in [-0.25, -0.2) is 4.98 Å². The van der Waals surface area contributed by atoms with Gasteiger partial charge in [0.15, 0.2) is 0 Å². The zero-order valence-corrected chi connectivity index (χ0v) is 10.6. The minimum Gasteiger partial charge on any atom is -0.382 e. The van der Waals surface area contributed by atoms with Gasteiger partial charge in [-0.3, -0.25) is 0 Å². The summed E-state index contributed by atoms with van der Waals surface area (Å²) in [6, 6.07) is 8.46. The highest BCUT2D eigenvalue weighted by atomic mass is 32.1. The van der Waals surface area contributed by atoms with Crippen molar-refractivity contribution < 1.29 is 0 Å². The molecule has 88 valence electrons. The van der Waals surface area contributed by atoms with Gasteiger partial charge in [0.25, 0.3) is 0 Å². The summed E-state index contributed by atoms with van der Waals surface area (Å²) >= 11 is 1.72. The second-order valence-corrected chi connectivity index (χ2v) is 5.29. The summed E-state index contributed by atoms with van der Waals surface area (Å²) < 4.78 is 0. The SMILES string of the molecule is Cc1nc(CN2CCNc3ccccc32)cs1. The molecule has 2 heterocycles. The Bertz CT molecular complexity index is 521. The van der Waals surface area contributed by atoms with E-state index in [4.69, 9.17) is 0 Å². The third kappa shape index (κ3) is 2.13. The van der Waals surface area contributed by atoms with E-state index < -0.39 is 0 Å². The average Bonchev–Trinajstić information content (AvgIpc) is 2.75. The molecule has 3 rings (SSSR count). The van der Waals surface area contributed by atoms with E-state index in [1.54, 1.807) is 11.3 Å². The van der Waals surface area contributed by atoms with Gasteiger partial charge in [-0.15, -0.1) is 11.3 Å². The number of anilines is 2. The first-order chi connectivity index (χ1) is 8.33. The maximum absolute atomic E-state index is 4.53. The lowest BCUT2D eigenvalue weighted by Gasteiger charge is -2.31. The molecular formula is C13H15N3S. The van der Waals surface area contributed by atoms with E-state index in [0.29, 0.717) is 0 Å². The van der Waals surface area contributed by atoms with E-state index in [1.807, 2.05) is 0 Å². The number of hydrogen-bond acceptors (Lipinski definition) is 4. The van der Waals surface area contributed by atoms with Crippen molar-refractivity contribution in [1.82, 2.24) is 4.98 Å². The Morgan fingerprint density at radius 2 is 2.29 bits per heavy atom. The van der Waals surface area contributed by atoms with Crippen molar-refractivity contribution in [2.75, 3.05) is 23.3 Å². The molecule has 0 atom stereocenters. The van der Waals surface area contributed by atoms with Crippen molar-refractivity contribution in [2.45, 2.75) is 13.5 Å². The predicted octanol–water partition coefficient (Wildman–Crippen LogP) is 2.88. The lowest BCUT2D eigenvalue weighted by Crippen LogP contribution is -2.33. The Morgan fingerprint density at radius 3 is 3.12 bits per heavy atom. The molecule has 1 aromatic heterocycles. The van der Waals surface area contributed by atoms with E-state index in [0.717, 1.165) is 24.6 Å². The van der Waals surface area contributed by atoms with Gasteiger partial charge in [0.1, 0.15) is 0 Å². The summed E-state index contributed by atoms with van der Waals surface area (Å²) in [7, 11) is 0. The van der Waals surface area contributed by atoms with Crippen molar-refractivity contribution >= 4 is 22.7 Å². The normalized spacial score (nSPS) is 14.3. The largest absolute Gasteiger partial charge is 0.382 e. The van der Waals surface area contributed by atoms with Gasteiger partial charge >= 0.3 is 0 Å². The minimum atomic E-state index is 0.906. The number of thiazole rings is 1. The van der Waals surface area contributed by atoms with Crippen LogP contribution in [0.2, 0.25) is 0 Å². The molecule has 0 bridgehead atoms. The van der Waals surface area contributed by atoms with Gasteiger partial charge in [0, 0.05) is 18.5 Å². The van der Waals surface area contributed by atoms with Crippen molar-refractivity contribution in [3.63, 3.8) is 0 Å². The maximum atomic E-state index is 4.53. The van der Waals surface area contributed by atoms with E-state index >= 15 is 0 Å². The van der Waals surface area contributed by atoms with Crippen LogP contribution in [0.1, 0.15) is 10.7 Å². The van der Waals surface area contributed by atoms with Crippen LogP contribution in [0.3, 0.4) is 0 Å². The number of nitrogens with one attached hydrogen (secondary N) is 1. The van der Waals surface area contributed by atoms with Gasteiger partial charge in [0.05, 0.1) is 28.6 Å². The molecule has 0 spiro atoms. The van der Waals surface area contributed by atoms with E-state index in [9.17, 15) is 0 Å². The van der Waals surface area contributed by atoms with Crippen molar-refractivity contribution in [1.29, 1.82) is 0 Å². The number of aryl methyl sites for hydroxylation is 1. The molecule has 2 aromatic rings. The highest BCUT2D eigenvalue weighted by molar-refractivity contribution is 7.09. The molecule has 0 saturated heterocycles. The number of rotatable bonds is 2. The molecule has 1 aliphatic heterocycles. The van der Waals surface area contributed by atoms with Crippen LogP contribution in [0.15, 0.2) is 29.6 Å². The molecule has 1 N–H and O–H groups in total. The maximum Gasteiger partial charge on any atom is 0.0898 e. The number of aromatic nitrogens is 1. The van der Waals surface area contributed by atoms with Crippen LogP contribution in [-0.4, -0.2) is 18.1 Å². The Balaban J connectivity index is 1.85. The van der Waals surface area contributed by atoms with Crippen LogP contribution in [-0.2, 0) is 6.54 Å². The van der Waals surface area contributed by atoms with Gasteiger partial charge in [-0.2, -0.15) is 0 Å². The first-order valence-corrected chi connectivity index (χ1v) is 6.70. The number of para-hydroxylation sites is 2. The molecule has 0 unspecified atom stereocenters. The topological polar surface area (TPSA) is 28.2 Å². The Morgan fingerprint density at radius 1 is 1.41 bits per heavy atom. The zero-order chi connectivity index (χ0) is 11.7. The van der Waals surface area contributed by atoms with Crippen LogP contribution < -0.4 is 10.2 Å². The molecule has 3 nitrogen and oxygen atoms in total. The summed E-state index contributed by atoms with van der Waals surface area (Å²) in [5, 5.41) is 6.72. The van der Waals surface area contributed by atoms with E-state index in [-0.39, 0.29) is 0 Å². The predicted molar refractivity (Wildman–Crippen MR) is 72.8 cm³/mol. The van der Waals surface area contributed by atoms with Crippen molar-refractivity contribution in [2.24, 2.45) is 0 Å². The monoisotopic (exact) mass is 245 g/mol. The summed E-state index contributed by atoms with van der Waals surface area (Å²) in [5.41, 5.74) is 3.68. The molecule has 0 amide bonds. The molecule has 0 radical (unpaired) electrons.